The Hall–Kier alpha value is -0.900. The van der Waals surface area contributed by atoms with Crippen molar-refractivity contribution in [1.29, 1.82) is 0 Å². The minimum atomic E-state index is 0.706. The van der Waals surface area contributed by atoms with Crippen molar-refractivity contribution in [3.05, 3.63) is 35.4 Å². The quantitative estimate of drug-likeness (QED) is 0.851. The number of benzene rings is 1. The second-order valence-electron chi connectivity index (χ2n) is 5.59. The molecule has 3 nitrogen and oxygen atoms in total. The highest BCUT2D eigenvalue weighted by atomic mass is 16.5. The van der Waals surface area contributed by atoms with Gasteiger partial charge < -0.3 is 15.0 Å². The van der Waals surface area contributed by atoms with Crippen LogP contribution >= 0.6 is 0 Å². The predicted molar refractivity (Wildman–Crippen MR) is 79.1 cm³/mol. The third-order valence-corrected chi connectivity index (χ3v) is 3.89. The molecule has 0 spiro atoms. The number of hydrogen-bond donors (Lipinski definition) is 1. The average Bonchev–Trinajstić information content (AvgIpc) is 2.42. The van der Waals surface area contributed by atoms with E-state index in [2.05, 4.69) is 41.5 Å². The Morgan fingerprint density at radius 2 is 1.89 bits per heavy atom. The molecule has 0 amide bonds. The molecule has 1 heterocycles. The summed E-state index contributed by atoms with van der Waals surface area (Å²) in [7, 11) is 3.99. The number of piperidine rings is 1. The van der Waals surface area contributed by atoms with Gasteiger partial charge in [-0.1, -0.05) is 24.3 Å². The molecule has 0 aliphatic carbocycles. The molecular formula is C16H26N2O. The van der Waals surface area contributed by atoms with Crippen LogP contribution in [0.25, 0.3) is 0 Å². The van der Waals surface area contributed by atoms with Gasteiger partial charge >= 0.3 is 0 Å². The summed E-state index contributed by atoms with van der Waals surface area (Å²) in [4.78, 5) is 2.45. The van der Waals surface area contributed by atoms with Crippen molar-refractivity contribution in [1.82, 2.24) is 10.2 Å². The van der Waals surface area contributed by atoms with Crippen LogP contribution in [-0.2, 0) is 17.9 Å². The van der Waals surface area contributed by atoms with E-state index in [1.54, 1.807) is 7.11 Å². The number of nitrogens with zero attached hydrogens (tertiary/aromatic N) is 1. The number of rotatable bonds is 6. The highest BCUT2D eigenvalue weighted by Gasteiger charge is 2.15. The van der Waals surface area contributed by atoms with Crippen molar-refractivity contribution in [3.63, 3.8) is 0 Å². The fourth-order valence-corrected chi connectivity index (χ4v) is 2.87. The van der Waals surface area contributed by atoms with E-state index in [-0.39, 0.29) is 0 Å². The summed E-state index contributed by atoms with van der Waals surface area (Å²) in [6.45, 7) is 5.28. The average molecular weight is 262 g/mol. The topological polar surface area (TPSA) is 24.5 Å². The first kappa shape index (κ1) is 14.5. The van der Waals surface area contributed by atoms with E-state index in [0.717, 1.165) is 12.5 Å². The van der Waals surface area contributed by atoms with E-state index in [1.807, 2.05) is 0 Å². The lowest BCUT2D eigenvalue weighted by Crippen LogP contribution is -2.34. The Morgan fingerprint density at radius 3 is 2.58 bits per heavy atom. The first-order valence-corrected chi connectivity index (χ1v) is 7.24. The minimum Gasteiger partial charge on any atom is -0.380 e. The van der Waals surface area contributed by atoms with Crippen LogP contribution in [0, 0.1) is 5.92 Å². The Morgan fingerprint density at radius 1 is 1.21 bits per heavy atom. The lowest BCUT2D eigenvalue weighted by Gasteiger charge is -2.28. The summed E-state index contributed by atoms with van der Waals surface area (Å²) in [6.07, 6.45) is 2.62. The second-order valence-corrected chi connectivity index (χ2v) is 5.59. The highest BCUT2D eigenvalue weighted by Crippen LogP contribution is 2.16. The van der Waals surface area contributed by atoms with Crippen LogP contribution in [0.3, 0.4) is 0 Å². The van der Waals surface area contributed by atoms with E-state index in [4.69, 9.17) is 4.74 Å². The van der Waals surface area contributed by atoms with E-state index < -0.39 is 0 Å². The van der Waals surface area contributed by atoms with E-state index in [0.29, 0.717) is 6.61 Å². The first-order chi connectivity index (χ1) is 9.29. The molecular weight excluding hydrogens is 236 g/mol. The molecule has 0 atom stereocenters. The number of hydrogen-bond acceptors (Lipinski definition) is 3. The summed E-state index contributed by atoms with van der Waals surface area (Å²) in [5, 5.41) is 3.43. The van der Waals surface area contributed by atoms with E-state index in [9.17, 15) is 0 Å². The van der Waals surface area contributed by atoms with Crippen molar-refractivity contribution < 1.29 is 4.74 Å². The van der Waals surface area contributed by atoms with Crippen LogP contribution in [0.15, 0.2) is 24.3 Å². The predicted octanol–water partition coefficient (Wildman–Crippen LogP) is 2.26. The number of methoxy groups -OCH3 is 1. The van der Waals surface area contributed by atoms with Crippen LogP contribution in [0.4, 0.5) is 0 Å². The molecule has 1 N–H and O–H groups in total. The monoisotopic (exact) mass is 262 g/mol. The third kappa shape index (κ3) is 4.60. The molecule has 1 aliphatic heterocycles. The highest BCUT2D eigenvalue weighted by molar-refractivity contribution is 5.26. The molecule has 1 aromatic carbocycles. The maximum atomic E-state index is 5.27. The molecule has 0 aromatic heterocycles. The van der Waals surface area contributed by atoms with E-state index in [1.165, 1.54) is 43.6 Å². The van der Waals surface area contributed by atoms with Gasteiger partial charge in [0.25, 0.3) is 0 Å². The Balaban J connectivity index is 1.88. The van der Waals surface area contributed by atoms with Crippen molar-refractivity contribution in [2.45, 2.75) is 26.0 Å². The van der Waals surface area contributed by atoms with Crippen LogP contribution < -0.4 is 5.32 Å². The van der Waals surface area contributed by atoms with Crippen LogP contribution in [-0.4, -0.2) is 38.7 Å². The minimum absolute atomic E-state index is 0.706. The molecule has 0 saturated carbocycles. The Kier molecular flexibility index (Phi) is 5.83. The van der Waals surface area contributed by atoms with Gasteiger partial charge in [0.15, 0.2) is 0 Å². The van der Waals surface area contributed by atoms with E-state index >= 15 is 0 Å². The molecule has 1 aromatic rings. The van der Waals surface area contributed by atoms with Crippen LogP contribution in [0.2, 0.25) is 0 Å². The lowest BCUT2D eigenvalue weighted by molar-refractivity contribution is 0.181. The normalized spacial score (nSPS) is 17.0. The molecule has 19 heavy (non-hydrogen) atoms. The van der Waals surface area contributed by atoms with Crippen LogP contribution in [0.1, 0.15) is 24.0 Å². The largest absolute Gasteiger partial charge is 0.380 e. The zero-order valence-electron chi connectivity index (χ0n) is 12.2. The lowest BCUT2D eigenvalue weighted by atomic mass is 9.97. The summed E-state index contributed by atoms with van der Waals surface area (Å²) in [5.41, 5.74) is 2.70. The maximum Gasteiger partial charge on any atom is 0.0716 e. The third-order valence-electron chi connectivity index (χ3n) is 3.89. The van der Waals surface area contributed by atoms with Gasteiger partial charge in [0.2, 0.25) is 0 Å². The molecule has 0 radical (unpaired) electrons. The summed E-state index contributed by atoms with van der Waals surface area (Å²) in [5.74, 6) is 0.848. The SMILES string of the molecule is COCc1ccccc1CN(C)CC1CCNCC1. The zero-order chi connectivity index (χ0) is 13.5. The zero-order valence-corrected chi connectivity index (χ0v) is 12.2. The molecule has 106 valence electrons. The van der Waals surface area contributed by atoms with Gasteiger partial charge in [-0.25, -0.2) is 0 Å². The van der Waals surface area contributed by atoms with Gasteiger partial charge in [0, 0.05) is 20.2 Å². The van der Waals surface area contributed by atoms with Crippen molar-refractivity contribution >= 4 is 0 Å². The molecule has 1 fully saturated rings. The summed E-state index contributed by atoms with van der Waals surface area (Å²) in [6, 6.07) is 8.59. The Bertz CT molecular complexity index is 375. The summed E-state index contributed by atoms with van der Waals surface area (Å²) < 4.78 is 5.27. The van der Waals surface area contributed by atoms with Gasteiger partial charge in [-0.3, -0.25) is 0 Å². The fourth-order valence-electron chi connectivity index (χ4n) is 2.87. The maximum absolute atomic E-state index is 5.27. The van der Waals surface area contributed by atoms with Gasteiger partial charge in [0.1, 0.15) is 0 Å². The van der Waals surface area contributed by atoms with Crippen molar-refractivity contribution in [3.8, 4) is 0 Å². The van der Waals surface area contributed by atoms with Gasteiger partial charge in [-0.05, 0) is 50.0 Å². The molecule has 0 bridgehead atoms. The number of ether oxygens (including phenoxy) is 1. The molecule has 1 saturated heterocycles. The van der Waals surface area contributed by atoms with Gasteiger partial charge in [-0.2, -0.15) is 0 Å². The van der Waals surface area contributed by atoms with Crippen molar-refractivity contribution in [2.75, 3.05) is 33.8 Å². The molecule has 0 unspecified atom stereocenters. The molecule has 3 heteroatoms. The standard InChI is InChI=1S/C16H26N2O/c1-18(11-14-7-9-17-10-8-14)12-15-5-3-4-6-16(15)13-19-2/h3-6,14,17H,7-13H2,1-2H3. The van der Waals surface area contributed by atoms with Gasteiger partial charge in [-0.15, -0.1) is 0 Å². The molecule has 1 aliphatic rings. The molecule has 2 rings (SSSR count). The Labute approximate surface area is 116 Å². The summed E-state index contributed by atoms with van der Waals surface area (Å²) >= 11 is 0. The van der Waals surface area contributed by atoms with Gasteiger partial charge in [0.05, 0.1) is 6.61 Å². The smallest absolute Gasteiger partial charge is 0.0716 e. The second kappa shape index (κ2) is 7.63. The fraction of sp³-hybridized carbons (Fsp3) is 0.625. The first-order valence-electron chi connectivity index (χ1n) is 7.24. The number of nitrogens with one attached hydrogen (secondary N) is 1. The van der Waals surface area contributed by atoms with Crippen LogP contribution in [0.5, 0.6) is 0 Å². The van der Waals surface area contributed by atoms with Crippen molar-refractivity contribution in [2.24, 2.45) is 5.92 Å².